The van der Waals surface area contributed by atoms with Crippen LogP contribution in [0.1, 0.15) is 29.6 Å². The Labute approximate surface area is 196 Å². The average Bonchev–Trinajstić information content (AvgIpc) is 3.63. The number of carbonyl (C=O) groups is 2. The molecular formula is C24H26N8O2. The van der Waals surface area contributed by atoms with Gasteiger partial charge in [0.2, 0.25) is 11.9 Å². The van der Waals surface area contributed by atoms with Crippen molar-refractivity contribution in [2.45, 2.75) is 25.3 Å². The quantitative estimate of drug-likeness (QED) is 0.416. The van der Waals surface area contributed by atoms with Gasteiger partial charge in [0.1, 0.15) is 5.82 Å². The highest BCUT2D eigenvalue weighted by atomic mass is 16.2. The van der Waals surface area contributed by atoms with E-state index in [0.717, 1.165) is 37.7 Å². The molecule has 10 heteroatoms. The van der Waals surface area contributed by atoms with Crippen molar-refractivity contribution < 1.29 is 9.59 Å². The maximum absolute atomic E-state index is 12.8. The number of rotatable bonds is 6. The molecule has 3 heterocycles. The van der Waals surface area contributed by atoms with Gasteiger partial charge in [0.05, 0.1) is 17.5 Å². The summed E-state index contributed by atoms with van der Waals surface area (Å²) in [6.45, 7) is 1.60. The van der Waals surface area contributed by atoms with E-state index < -0.39 is 0 Å². The third-order valence-electron chi connectivity index (χ3n) is 7.16. The summed E-state index contributed by atoms with van der Waals surface area (Å²) in [6, 6.07) is 7.23. The molecule has 2 amide bonds. The SMILES string of the molecule is NC(=O)[C@@H]1[C@H](Nc2nc(Nc3cccc(C(=O)N4CCCC4)c3)nc3[nH]ncc23)[C@H]2C=C[C@@H]1C2. The van der Waals surface area contributed by atoms with Gasteiger partial charge < -0.3 is 21.3 Å². The maximum Gasteiger partial charge on any atom is 0.253 e. The fourth-order valence-electron chi connectivity index (χ4n) is 5.53. The summed E-state index contributed by atoms with van der Waals surface area (Å²) in [5, 5.41) is 14.4. The van der Waals surface area contributed by atoms with Crippen molar-refractivity contribution in [3.8, 4) is 0 Å². The van der Waals surface area contributed by atoms with Crippen LogP contribution in [-0.2, 0) is 4.79 Å². The number of nitrogens with zero attached hydrogens (tertiary/aromatic N) is 4. The third-order valence-corrected chi connectivity index (χ3v) is 7.16. The van der Waals surface area contributed by atoms with E-state index in [9.17, 15) is 9.59 Å². The molecule has 2 aliphatic carbocycles. The minimum atomic E-state index is -0.301. The number of aromatic nitrogens is 4. The summed E-state index contributed by atoms with van der Waals surface area (Å²) in [7, 11) is 0. The Balaban J connectivity index is 1.28. The Morgan fingerprint density at radius 3 is 2.76 bits per heavy atom. The highest BCUT2D eigenvalue weighted by molar-refractivity contribution is 5.95. The van der Waals surface area contributed by atoms with Crippen molar-refractivity contribution >= 4 is 40.3 Å². The van der Waals surface area contributed by atoms with Gasteiger partial charge in [-0.15, -0.1) is 0 Å². The molecule has 1 saturated heterocycles. The van der Waals surface area contributed by atoms with E-state index in [1.165, 1.54) is 0 Å². The number of hydrogen-bond acceptors (Lipinski definition) is 7. The first-order valence-electron chi connectivity index (χ1n) is 11.7. The number of benzene rings is 1. The Morgan fingerprint density at radius 1 is 1.12 bits per heavy atom. The molecule has 0 radical (unpaired) electrons. The fourth-order valence-corrected chi connectivity index (χ4v) is 5.53. The molecule has 0 unspecified atom stereocenters. The van der Waals surface area contributed by atoms with Gasteiger partial charge in [-0.05, 0) is 49.3 Å². The minimum Gasteiger partial charge on any atom is -0.369 e. The lowest BCUT2D eigenvalue weighted by atomic mass is 9.88. The monoisotopic (exact) mass is 458 g/mol. The van der Waals surface area contributed by atoms with E-state index in [4.69, 9.17) is 10.7 Å². The molecule has 5 N–H and O–H groups in total. The van der Waals surface area contributed by atoms with E-state index in [-0.39, 0.29) is 35.6 Å². The molecule has 4 atom stereocenters. The molecule has 3 aliphatic rings. The number of aromatic amines is 1. The molecule has 2 aromatic heterocycles. The van der Waals surface area contributed by atoms with Crippen molar-refractivity contribution in [3.05, 3.63) is 48.2 Å². The average molecular weight is 459 g/mol. The number of nitrogens with one attached hydrogen (secondary N) is 3. The number of nitrogens with two attached hydrogens (primary N) is 1. The molecule has 10 nitrogen and oxygen atoms in total. The van der Waals surface area contributed by atoms with E-state index in [2.05, 4.69) is 38.0 Å². The van der Waals surface area contributed by atoms with Crippen LogP contribution in [0.15, 0.2) is 42.6 Å². The van der Waals surface area contributed by atoms with Crippen LogP contribution >= 0.6 is 0 Å². The molecule has 1 aromatic carbocycles. The van der Waals surface area contributed by atoms with Crippen molar-refractivity contribution in [3.63, 3.8) is 0 Å². The van der Waals surface area contributed by atoms with E-state index in [1.54, 1.807) is 6.20 Å². The minimum absolute atomic E-state index is 0.0373. The number of primary amides is 1. The number of fused-ring (bicyclic) bond motifs is 3. The molecule has 174 valence electrons. The van der Waals surface area contributed by atoms with Crippen LogP contribution in [0, 0.1) is 17.8 Å². The standard InChI is InChI=1S/C24H26N8O2/c25-20(33)18-13-6-7-14(10-13)19(18)28-21-17-12-26-31-22(17)30-24(29-21)27-16-5-3-4-15(11-16)23(34)32-8-1-2-9-32/h3-7,11-14,18-19H,1-2,8-10H2,(H2,25,33)(H3,26,27,28,29,30,31)/t13-,14+,18+,19-/m1/s1. The second-order valence-corrected chi connectivity index (χ2v) is 9.28. The van der Waals surface area contributed by atoms with Crippen molar-refractivity contribution in [1.82, 2.24) is 25.1 Å². The van der Waals surface area contributed by atoms with Crippen LogP contribution in [-0.4, -0.2) is 56.0 Å². The van der Waals surface area contributed by atoms with Gasteiger partial charge >= 0.3 is 0 Å². The molecule has 1 aliphatic heterocycles. The highest BCUT2D eigenvalue weighted by Crippen LogP contribution is 2.45. The van der Waals surface area contributed by atoms with Crippen molar-refractivity contribution in [2.75, 3.05) is 23.7 Å². The van der Waals surface area contributed by atoms with E-state index in [0.29, 0.717) is 28.7 Å². The number of H-pyrrole nitrogens is 1. The van der Waals surface area contributed by atoms with E-state index >= 15 is 0 Å². The number of carbonyl (C=O) groups excluding carboxylic acids is 2. The summed E-state index contributed by atoms with van der Waals surface area (Å²) in [4.78, 5) is 36.1. The molecule has 0 spiro atoms. The number of allylic oxidation sites excluding steroid dienone is 1. The lowest BCUT2D eigenvalue weighted by Gasteiger charge is -2.27. The molecule has 6 rings (SSSR count). The summed E-state index contributed by atoms with van der Waals surface area (Å²) in [6.07, 6.45) is 8.92. The van der Waals surface area contributed by atoms with Crippen LogP contribution in [0.5, 0.6) is 0 Å². The summed E-state index contributed by atoms with van der Waals surface area (Å²) in [5.74, 6) is 0.790. The van der Waals surface area contributed by atoms with Gasteiger partial charge in [-0.3, -0.25) is 14.7 Å². The lowest BCUT2D eigenvalue weighted by Crippen LogP contribution is -2.41. The van der Waals surface area contributed by atoms with Gasteiger partial charge in [-0.25, -0.2) is 0 Å². The molecule has 3 aromatic rings. The Morgan fingerprint density at radius 2 is 1.94 bits per heavy atom. The molecule has 1 saturated carbocycles. The third kappa shape index (κ3) is 3.55. The van der Waals surface area contributed by atoms with Crippen LogP contribution < -0.4 is 16.4 Å². The van der Waals surface area contributed by atoms with Gasteiger partial charge in [-0.1, -0.05) is 18.2 Å². The first-order chi connectivity index (χ1) is 16.6. The Kier molecular flexibility index (Phi) is 4.93. The highest BCUT2D eigenvalue weighted by Gasteiger charge is 2.47. The van der Waals surface area contributed by atoms with Gasteiger partial charge in [0, 0.05) is 30.4 Å². The van der Waals surface area contributed by atoms with Gasteiger partial charge in [-0.2, -0.15) is 15.1 Å². The zero-order valence-corrected chi connectivity index (χ0v) is 18.6. The second kappa shape index (κ2) is 8.12. The predicted octanol–water partition coefficient (Wildman–Crippen LogP) is 2.42. The smallest absolute Gasteiger partial charge is 0.253 e. The molecule has 2 fully saturated rings. The number of likely N-dealkylation sites (tertiary alicyclic amines) is 1. The van der Waals surface area contributed by atoms with Crippen LogP contribution in [0.2, 0.25) is 0 Å². The Bertz CT molecular complexity index is 1300. The number of amides is 2. The summed E-state index contributed by atoms with van der Waals surface area (Å²) in [5.41, 5.74) is 7.64. The number of anilines is 3. The normalized spacial score (nSPS) is 25.2. The summed E-state index contributed by atoms with van der Waals surface area (Å²) < 4.78 is 0. The van der Waals surface area contributed by atoms with Crippen LogP contribution in [0.3, 0.4) is 0 Å². The van der Waals surface area contributed by atoms with Gasteiger partial charge in [0.25, 0.3) is 5.91 Å². The fraction of sp³-hybridized carbons (Fsp3) is 0.375. The summed E-state index contributed by atoms with van der Waals surface area (Å²) >= 11 is 0. The largest absolute Gasteiger partial charge is 0.369 e. The molecule has 2 bridgehead atoms. The predicted molar refractivity (Wildman–Crippen MR) is 127 cm³/mol. The van der Waals surface area contributed by atoms with Crippen LogP contribution in [0.4, 0.5) is 17.5 Å². The first-order valence-corrected chi connectivity index (χ1v) is 11.7. The van der Waals surface area contributed by atoms with E-state index in [1.807, 2.05) is 29.2 Å². The van der Waals surface area contributed by atoms with Crippen LogP contribution in [0.25, 0.3) is 11.0 Å². The van der Waals surface area contributed by atoms with Gasteiger partial charge in [0.15, 0.2) is 5.65 Å². The second-order valence-electron chi connectivity index (χ2n) is 9.28. The zero-order chi connectivity index (χ0) is 23.2. The molecule has 34 heavy (non-hydrogen) atoms. The lowest BCUT2D eigenvalue weighted by molar-refractivity contribution is -0.122. The Hall–Kier alpha value is -3.95. The molecular weight excluding hydrogens is 432 g/mol. The topological polar surface area (TPSA) is 142 Å². The maximum atomic E-state index is 12.8. The van der Waals surface area contributed by atoms with Crippen molar-refractivity contribution in [1.29, 1.82) is 0 Å². The number of hydrogen-bond donors (Lipinski definition) is 4. The first kappa shape index (κ1) is 20.6. The zero-order valence-electron chi connectivity index (χ0n) is 18.6. The van der Waals surface area contributed by atoms with Crippen molar-refractivity contribution in [2.24, 2.45) is 23.5 Å².